The largest absolute Gasteiger partial charge is 0.312 e. The van der Waals surface area contributed by atoms with Gasteiger partial charge in [-0.1, -0.05) is 6.07 Å². The van der Waals surface area contributed by atoms with E-state index in [1.54, 1.807) is 0 Å². The maximum absolute atomic E-state index is 4.34. The smallest absolute Gasteiger partial charge is 0.0858 e. The minimum Gasteiger partial charge on any atom is -0.312 e. The Morgan fingerprint density at radius 1 is 1.50 bits per heavy atom. The van der Waals surface area contributed by atoms with Crippen molar-refractivity contribution in [3.05, 3.63) is 30.1 Å². The van der Waals surface area contributed by atoms with Crippen LogP contribution in [0.15, 0.2) is 24.4 Å². The third-order valence-corrected chi connectivity index (χ3v) is 2.49. The Morgan fingerprint density at radius 3 is 2.75 bits per heavy atom. The summed E-state index contributed by atoms with van der Waals surface area (Å²) in [5.41, 5.74) is 1.22. The Kier molecular flexibility index (Phi) is 1.83. The molecule has 2 rings (SSSR count). The lowest BCUT2D eigenvalue weighted by atomic mass is 9.88. The second kappa shape index (κ2) is 2.84. The molecule has 0 saturated carbocycles. The number of likely N-dealkylation sites (N-methyl/N-ethyl adjacent to an activating group) is 1. The molecule has 64 valence electrons. The molecule has 0 unspecified atom stereocenters. The van der Waals surface area contributed by atoms with E-state index in [9.17, 15) is 0 Å². The Balaban J connectivity index is 2.28. The van der Waals surface area contributed by atoms with Gasteiger partial charge < -0.3 is 10.6 Å². The van der Waals surface area contributed by atoms with Crippen molar-refractivity contribution in [1.29, 1.82) is 0 Å². The molecule has 1 aromatic heterocycles. The number of hydrogen-bond donors (Lipinski definition) is 2. The predicted molar refractivity (Wildman–Crippen MR) is 47.8 cm³/mol. The van der Waals surface area contributed by atoms with Gasteiger partial charge in [0.25, 0.3) is 0 Å². The zero-order valence-corrected chi connectivity index (χ0v) is 7.17. The van der Waals surface area contributed by atoms with Crippen LogP contribution in [0.1, 0.15) is 5.69 Å². The van der Waals surface area contributed by atoms with Crippen LogP contribution >= 0.6 is 0 Å². The summed E-state index contributed by atoms with van der Waals surface area (Å²) in [6.45, 7) is 1.95. The summed E-state index contributed by atoms with van der Waals surface area (Å²) >= 11 is 0. The highest BCUT2D eigenvalue weighted by atomic mass is 15.1. The van der Waals surface area contributed by atoms with E-state index in [0.717, 1.165) is 18.8 Å². The Hall–Kier alpha value is -0.930. The van der Waals surface area contributed by atoms with Gasteiger partial charge in [-0.25, -0.2) is 0 Å². The number of hydrogen-bond acceptors (Lipinski definition) is 3. The molecular formula is C9H13N3. The van der Waals surface area contributed by atoms with Crippen LogP contribution in [0.25, 0.3) is 0 Å². The highest BCUT2D eigenvalue weighted by molar-refractivity contribution is 5.21. The SMILES string of the molecule is CNC1(c2ccccn2)CNC1. The fraction of sp³-hybridized carbons (Fsp3) is 0.444. The minimum absolute atomic E-state index is 0.0846. The van der Waals surface area contributed by atoms with Gasteiger partial charge in [0.05, 0.1) is 11.2 Å². The molecule has 2 heterocycles. The van der Waals surface area contributed by atoms with Crippen LogP contribution in [0.4, 0.5) is 0 Å². The number of nitrogens with zero attached hydrogens (tertiary/aromatic N) is 1. The first-order valence-corrected chi connectivity index (χ1v) is 4.18. The maximum atomic E-state index is 4.34. The average molecular weight is 163 g/mol. The third kappa shape index (κ3) is 1.02. The second-order valence-corrected chi connectivity index (χ2v) is 3.15. The molecule has 1 aliphatic heterocycles. The normalized spacial score (nSPS) is 20.1. The van der Waals surface area contributed by atoms with Gasteiger partial charge in [0.1, 0.15) is 0 Å². The van der Waals surface area contributed by atoms with Crippen molar-refractivity contribution in [2.24, 2.45) is 0 Å². The van der Waals surface area contributed by atoms with E-state index >= 15 is 0 Å². The molecule has 0 atom stereocenters. The van der Waals surface area contributed by atoms with Crippen LogP contribution in [0, 0.1) is 0 Å². The molecule has 0 aromatic carbocycles. The summed E-state index contributed by atoms with van der Waals surface area (Å²) in [6.07, 6.45) is 1.84. The first-order valence-electron chi connectivity index (χ1n) is 4.18. The first kappa shape index (κ1) is 7.71. The van der Waals surface area contributed by atoms with Crippen molar-refractivity contribution in [2.45, 2.75) is 5.54 Å². The van der Waals surface area contributed by atoms with Gasteiger partial charge in [-0.05, 0) is 19.2 Å². The van der Waals surface area contributed by atoms with Gasteiger partial charge in [0.15, 0.2) is 0 Å². The summed E-state index contributed by atoms with van der Waals surface area (Å²) in [4.78, 5) is 4.34. The van der Waals surface area contributed by atoms with E-state index in [1.807, 2.05) is 25.4 Å². The lowest BCUT2D eigenvalue weighted by Crippen LogP contribution is -2.64. The molecule has 2 N–H and O–H groups in total. The monoisotopic (exact) mass is 163 g/mol. The Bertz CT molecular complexity index is 248. The standard InChI is InChI=1S/C9H13N3/c1-10-9(6-11-7-9)8-4-2-3-5-12-8/h2-5,10-11H,6-7H2,1H3. The highest BCUT2D eigenvalue weighted by Crippen LogP contribution is 2.22. The number of pyridine rings is 1. The van der Waals surface area contributed by atoms with Crippen LogP contribution in [0.5, 0.6) is 0 Å². The number of aromatic nitrogens is 1. The van der Waals surface area contributed by atoms with Crippen molar-refractivity contribution in [3.8, 4) is 0 Å². The van der Waals surface area contributed by atoms with Gasteiger partial charge in [-0.2, -0.15) is 0 Å². The van der Waals surface area contributed by atoms with E-state index in [0.29, 0.717) is 0 Å². The zero-order chi connectivity index (χ0) is 8.44. The maximum Gasteiger partial charge on any atom is 0.0858 e. The van der Waals surface area contributed by atoms with E-state index in [1.165, 1.54) is 0 Å². The van der Waals surface area contributed by atoms with Crippen molar-refractivity contribution in [1.82, 2.24) is 15.6 Å². The quantitative estimate of drug-likeness (QED) is 0.649. The third-order valence-electron chi connectivity index (χ3n) is 2.49. The van der Waals surface area contributed by atoms with E-state index < -0.39 is 0 Å². The molecule has 1 fully saturated rings. The summed E-state index contributed by atoms with van der Waals surface area (Å²) in [6, 6.07) is 6.04. The van der Waals surface area contributed by atoms with Gasteiger partial charge in [-0.3, -0.25) is 4.98 Å². The van der Waals surface area contributed by atoms with Crippen molar-refractivity contribution in [2.75, 3.05) is 20.1 Å². The molecule has 0 aliphatic carbocycles. The van der Waals surface area contributed by atoms with Crippen molar-refractivity contribution >= 4 is 0 Å². The predicted octanol–water partition coefficient (Wildman–Crippen LogP) is 0.0995. The molecule has 0 amide bonds. The molecule has 1 aliphatic rings. The van der Waals surface area contributed by atoms with Crippen molar-refractivity contribution < 1.29 is 0 Å². The van der Waals surface area contributed by atoms with Gasteiger partial charge in [0, 0.05) is 19.3 Å². The number of rotatable bonds is 2. The van der Waals surface area contributed by atoms with Crippen LogP contribution < -0.4 is 10.6 Å². The summed E-state index contributed by atoms with van der Waals surface area (Å²) in [5, 5.41) is 6.56. The van der Waals surface area contributed by atoms with Crippen LogP contribution in [-0.2, 0) is 5.54 Å². The molecule has 3 nitrogen and oxygen atoms in total. The summed E-state index contributed by atoms with van der Waals surface area (Å²) < 4.78 is 0. The van der Waals surface area contributed by atoms with Gasteiger partial charge in [0.2, 0.25) is 0 Å². The summed E-state index contributed by atoms with van der Waals surface area (Å²) in [7, 11) is 1.98. The molecule has 0 bridgehead atoms. The molecule has 3 heteroatoms. The lowest BCUT2D eigenvalue weighted by molar-refractivity contribution is 0.226. The van der Waals surface area contributed by atoms with Gasteiger partial charge in [-0.15, -0.1) is 0 Å². The minimum atomic E-state index is 0.0846. The zero-order valence-electron chi connectivity index (χ0n) is 7.17. The molecule has 1 aromatic rings. The number of nitrogens with one attached hydrogen (secondary N) is 2. The Morgan fingerprint density at radius 2 is 2.33 bits per heavy atom. The Labute approximate surface area is 72.2 Å². The second-order valence-electron chi connectivity index (χ2n) is 3.15. The fourth-order valence-corrected chi connectivity index (χ4v) is 1.51. The van der Waals surface area contributed by atoms with Crippen molar-refractivity contribution in [3.63, 3.8) is 0 Å². The lowest BCUT2D eigenvalue weighted by Gasteiger charge is -2.41. The van der Waals surface area contributed by atoms with Crippen LogP contribution in [0.3, 0.4) is 0 Å². The van der Waals surface area contributed by atoms with Gasteiger partial charge >= 0.3 is 0 Å². The molecule has 1 saturated heterocycles. The molecular weight excluding hydrogens is 150 g/mol. The fourth-order valence-electron chi connectivity index (χ4n) is 1.51. The molecule has 12 heavy (non-hydrogen) atoms. The highest BCUT2D eigenvalue weighted by Gasteiger charge is 2.37. The van der Waals surface area contributed by atoms with E-state index in [4.69, 9.17) is 0 Å². The van der Waals surface area contributed by atoms with Crippen LogP contribution in [0.2, 0.25) is 0 Å². The first-order chi connectivity index (χ1) is 5.87. The topological polar surface area (TPSA) is 37.0 Å². The molecule has 0 spiro atoms. The van der Waals surface area contributed by atoms with E-state index in [2.05, 4.69) is 21.7 Å². The summed E-state index contributed by atoms with van der Waals surface area (Å²) in [5.74, 6) is 0. The molecule has 0 radical (unpaired) electrons. The van der Waals surface area contributed by atoms with Crippen LogP contribution in [-0.4, -0.2) is 25.1 Å². The average Bonchev–Trinajstić information content (AvgIpc) is 2.05. The van der Waals surface area contributed by atoms with E-state index in [-0.39, 0.29) is 5.54 Å².